The number of hydrogen-bond acceptors (Lipinski definition) is 5. The molecule has 0 bridgehead atoms. The molecule has 0 unspecified atom stereocenters. The molecule has 3 aromatic heterocycles. The number of methoxy groups -OCH3 is 1. The van der Waals surface area contributed by atoms with Gasteiger partial charge in [0.05, 0.1) is 41.1 Å². The molecule has 0 fully saturated rings. The van der Waals surface area contributed by atoms with E-state index in [4.69, 9.17) is 9.26 Å². The van der Waals surface area contributed by atoms with E-state index in [-0.39, 0.29) is 5.69 Å². The van der Waals surface area contributed by atoms with Crippen molar-refractivity contribution in [3.63, 3.8) is 0 Å². The van der Waals surface area contributed by atoms with Crippen LogP contribution in [0.15, 0.2) is 27.6 Å². The van der Waals surface area contributed by atoms with Gasteiger partial charge >= 0.3 is 5.69 Å². The molecule has 27 heavy (non-hydrogen) atoms. The lowest BCUT2D eigenvalue weighted by Crippen LogP contribution is -2.19. The summed E-state index contributed by atoms with van der Waals surface area (Å²) in [5.41, 5.74) is 4.81. The summed E-state index contributed by atoms with van der Waals surface area (Å²) in [5.74, 6) is 1.76. The first-order valence-electron chi connectivity index (χ1n) is 8.93. The third-order valence-corrected chi connectivity index (χ3v) is 4.77. The second kappa shape index (κ2) is 6.26. The molecule has 0 radical (unpaired) electrons. The third kappa shape index (κ3) is 2.70. The molecule has 4 aromatic rings. The Morgan fingerprint density at radius 3 is 2.70 bits per heavy atom. The van der Waals surface area contributed by atoms with Gasteiger partial charge in [0.15, 0.2) is 0 Å². The van der Waals surface area contributed by atoms with Crippen molar-refractivity contribution < 1.29 is 9.26 Å². The number of rotatable bonds is 4. The van der Waals surface area contributed by atoms with Crippen molar-refractivity contribution in [3.05, 3.63) is 40.3 Å². The second-order valence-electron chi connectivity index (χ2n) is 7.22. The van der Waals surface area contributed by atoms with E-state index in [1.54, 1.807) is 17.9 Å². The number of benzene rings is 1. The van der Waals surface area contributed by atoms with E-state index in [1.807, 2.05) is 26.0 Å². The molecule has 1 aromatic carbocycles. The molecule has 1 N–H and O–H groups in total. The Hall–Kier alpha value is -3.09. The number of pyridine rings is 1. The first-order valence-corrected chi connectivity index (χ1v) is 8.93. The smallest absolute Gasteiger partial charge is 0.326 e. The van der Waals surface area contributed by atoms with Crippen LogP contribution in [0.2, 0.25) is 0 Å². The van der Waals surface area contributed by atoms with Crippen molar-refractivity contribution in [1.82, 2.24) is 19.7 Å². The lowest BCUT2D eigenvalue weighted by molar-refractivity contribution is 0.393. The molecule has 0 aliphatic carbocycles. The Labute approximate surface area is 156 Å². The van der Waals surface area contributed by atoms with Crippen LogP contribution < -0.4 is 10.4 Å². The number of imidazole rings is 1. The molecule has 0 amide bonds. The van der Waals surface area contributed by atoms with E-state index < -0.39 is 0 Å². The number of aromatic nitrogens is 4. The Morgan fingerprint density at radius 1 is 1.30 bits per heavy atom. The second-order valence-corrected chi connectivity index (χ2v) is 7.22. The number of ether oxygens (including phenoxy) is 1. The summed E-state index contributed by atoms with van der Waals surface area (Å²) in [6, 6.07) is 3.91. The Bertz CT molecular complexity index is 1190. The van der Waals surface area contributed by atoms with Gasteiger partial charge in [-0.15, -0.1) is 0 Å². The molecule has 0 saturated carbocycles. The molecule has 0 atom stereocenters. The predicted molar refractivity (Wildman–Crippen MR) is 104 cm³/mol. The molecule has 7 heteroatoms. The highest BCUT2D eigenvalue weighted by Gasteiger charge is 2.19. The maximum absolute atomic E-state index is 12.4. The summed E-state index contributed by atoms with van der Waals surface area (Å²) in [6.07, 6.45) is 1.71. The van der Waals surface area contributed by atoms with Gasteiger partial charge in [0.2, 0.25) is 0 Å². The van der Waals surface area contributed by atoms with Crippen LogP contribution in [0.1, 0.15) is 25.3 Å². The average molecular weight is 366 g/mol. The minimum atomic E-state index is -0.123. The molecule has 3 heterocycles. The van der Waals surface area contributed by atoms with Gasteiger partial charge in [-0.1, -0.05) is 19.0 Å². The number of nitrogens with zero attached hydrogens (tertiary/aromatic N) is 3. The van der Waals surface area contributed by atoms with E-state index >= 15 is 0 Å². The quantitative estimate of drug-likeness (QED) is 0.593. The van der Waals surface area contributed by atoms with Gasteiger partial charge in [-0.25, -0.2) is 4.79 Å². The fourth-order valence-electron chi connectivity index (χ4n) is 3.64. The van der Waals surface area contributed by atoms with E-state index in [0.29, 0.717) is 18.2 Å². The third-order valence-electron chi connectivity index (χ3n) is 4.77. The Kier molecular flexibility index (Phi) is 4.02. The summed E-state index contributed by atoms with van der Waals surface area (Å²) in [5, 5.41) is 4.92. The first-order chi connectivity index (χ1) is 12.9. The maximum atomic E-state index is 12.4. The van der Waals surface area contributed by atoms with Gasteiger partial charge < -0.3 is 14.2 Å². The largest absolute Gasteiger partial charge is 0.496 e. The number of H-pyrrole nitrogens is 1. The van der Waals surface area contributed by atoms with Gasteiger partial charge in [0.25, 0.3) is 0 Å². The van der Waals surface area contributed by atoms with Crippen LogP contribution >= 0.6 is 0 Å². The molecular formula is C20H22N4O3. The average Bonchev–Trinajstić information content (AvgIpc) is 3.12. The molecule has 0 aliphatic rings. The van der Waals surface area contributed by atoms with Gasteiger partial charge in [-0.05, 0) is 31.9 Å². The van der Waals surface area contributed by atoms with Crippen LogP contribution in [0.5, 0.6) is 5.75 Å². The highest BCUT2D eigenvalue weighted by molar-refractivity contribution is 6.04. The summed E-state index contributed by atoms with van der Waals surface area (Å²) in [7, 11) is 1.63. The summed E-state index contributed by atoms with van der Waals surface area (Å²) < 4.78 is 12.8. The topological polar surface area (TPSA) is 85.9 Å². The lowest BCUT2D eigenvalue weighted by Gasteiger charge is -2.12. The van der Waals surface area contributed by atoms with E-state index in [1.165, 1.54) is 0 Å². The zero-order valence-corrected chi connectivity index (χ0v) is 16.1. The zero-order chi connectivity index (χ0) is 19.3. The SMILES string of the molecule is COc1cc2c(cc1-c1c(C)noc1C)ncc1[nH]c(=O)n(CC(C)C)c12. The van der Waals surface area contributed by atoms with Crippen molar-refractivity contribution in [3.8, 4) is 16.9 Å². The molecule has 4 rings (SSSR count). The minimum absolute atomic E-state index is 0.123. The molecular weight excluding hydrogens is 344 g/mol. The van der Waals surface area contributed by atoms with Crippen LogP contribution in [0.4, 0.5) is 0 Å². The van der Waals surface area contributed by atoms with Crippen molar-refractivity contribution in [2.24, 2.45) is 5.92 Å². The normalized spacial score (nSPS) is 11.8. The fourth-order valence-corrected chi connectivity index (χ4v) is 3.64. The fraction of sp³-hybridized carbons (Fsp3) is 0.350. The Morgan fingerprint density at radius 2 is 2.07 bits per heavy atom. The molecule has 0 saturated heterocycles. The molecule has 0 spiro atoms. The number of aryl methyl sites for hydroxylation is 2. The van der Waals surface area contributed by atoms with Crippen LogP contribution in [0, 0.1) is 19.8 Å². The van der Waals surface area contributed by atoms with Crippen LogP contribution in [-0.4, -0.2) is 26.8 Å². The van der Waals surface area contributed by atoms with Gasteiger partial charge in [0.1, 0.15) is 11.5 Å². The minimum Gasteiger partial charge on any atom is -0.496 e. The number of fused-ring (bicyclic) bond motifs is 3. The predicted octanol–water partition coefficient (Wildman–Crippen LogP) is 3.81. The van der Waals surface area contributed by atoms with Crippen molar-refractivity contribution in [1.29, 1.82) is 0 Å². The zero-order valence-electron chi connectivity index (χ0n) is 16.1. The number of hydrogen-bond donors (Lipinski definition) is 1. The first kappa shape index (κ1) is 17.3. The van der Waals surface area contributed by atoms with Gasteiger partial charge in [-0.2, -0.15) is 0 Å². The molecule has 7 nitrogen and oxygen atoms in total. The highest BCUT2D eigenvalue weighted by atomic mass is 16.5. The lowest BCUT2D eigenvalue weighted by atomic mass is 10.0. The van der Waals surface area contributed by atoms with Crippen LogP contribution in [0.25, 0.3) is 33.1 Å². The highest BCUT2D eigenvalue weighted by Crippen LogP contribution is 2.38. The molecule has 140 valence electrons. The van der Waals surface area contributed by atoms with Gasteiger partial charge in [-0.3, -0.25) is 9.55 Å². The standard InChI is InChI=1S/C20H22N4O3/c1-10(2)9-24-19-13-7-17(26-5)14(18-11(3)23-27-12(18)4)6-15(13)21-8-16(19)22-20(24)25/h6-8,10H,9H2,1-5H3,(H,22,25). The maximum Gasteiger partial charge on any atom is 0.326 e. The van der Waals surface area contributed by atoms with Crippen molar-refractivity contribution >= 4 is 21.9 Å². The van der Waals surface area contributed by atoms with E-state index in [9.17, 15) is 4.79 Å². The Balaban J connectivity index is 2.07. The van der Waals surface area contributed by atoms with Crippen molar-refractivity contribution in [2.75, 3.05) is 7.11 Å². The van der Waals surface area contributed by atoms with E-state index in [2.05, 4.69) is 29.0 Å². The van der Waals surface area contributed by atoms with Crippen LogP contribution in [0.3, 0.4) is 0 Å². The van der Waals surface area contributed by atoms with Crippen LogP contribution in [-0.2, 0) is 6.54 Å². The summed E-state index contributed by atoms with van der Waals surface area (Å²) in [6.45, 7) is 8.59. The van der Waals surface area contributed by atoms with Crippen molar-refractivity contribution in [2.45, 2.75) is 34.2 Å². The number of aromatic amines is 1. The van der Waals surface area contributed by atoms with E-state index in [0.717, 1.165) is 44.5 Å². The molecule has 0 aliphatic heterocycles. The monoisotopic (exact) mass is 366 g/mol. The summed E-state index contributed by atoms with van der Waals surface area (Å²) in [4.78, 5) is 19.9. The van der Waals surface area contributed by atoms with Gasteiger partial charge in [0, 0.05) is 17.5 Å². The number of nitrogens with one attached hydrogen (secondary N) is 1. The summed E-state index contributed by atoms with van der Waals surface area (Å²) >= 11 is 0.